The van der Waals surface area contributed by atoms with E-state index < -0.39 is 28.4 Å². The number of hydrogen-bond donors (Lipinski definition) is 1. The second-order valence-corrected chi connectivity index (χ2v) is 9.23. The van der Waals surface area contributed by atoms with Crippen molar-refractivity contribution in [3.05, 3.63) is 83.9 Å². The van der Waals surface area contributed by atoms with Gasteiger partial charge in [-0.2, -0.15) is 0 Å². The number of nitrogens with one attached hydrogen (secondary N) is 1. The van der Waals surface area contributed by atoms with Crippen molar-refractivity contribution >= 4 is 33.3 Å². The highest BCUT2D eigenvalue weighted by atomic mass is 32.2. The summed E-state index contributed by atoms with van der Waals surface area (Å²) in [6.45, 7) is 3.38. The van der Waals surface area contributed by atoms with E-state index in [9.17, 15) is 18.0 Å². The van der Waals surface area contributed by atoms with Gasteiger partial charge in [-0.25, -0.2) is 13.2 Å². The molecule has 34 heavy (non-hydrogen) atoms. The lowest BCUT2D eigenvalue weighted by Crippen LogP contribution is -2.38. The third-order valence-corrected chi connectivity index (χ3v) is 6.72. The van der Waals surface area contributed by atoms with Crippen molar-refractivity contribution in [2.75, 3.05) is 29.9 Å². The molecule has 0 bridgehead atoms. The monoisotopic (exact) mass is 482 g/mol. The number of carbonyl (C=O) groups excluding carboxylic acids is 2. The molecule has 0 spiro atoms. The number of carbonyl (C=O) groups is 2. The first-order valence-electron chi connectivity index (χ1n) is 10.5. The topological polar surface area (TPSA) is 102 Å². The normalized spacial score (nSPS) is 10.9. The van der Waals surface area contributed by atoms with Crippen LogP contribution in [0.3, 0.4) is 0 Å². The number of benzene rings is 3. The highest BCUT2D eigenvalue weighted by Gasteiger charge is 2.27. The lowest BCUT2D eigenvalue weighted by atomic mass is 10.2. The van der Waals surface area contributed by atoms with Gasteiger partial charge in [0.1, 0.15) is 12.3 Å². The molecule has 3 aromatic rings. The molecule has 9 heteroatoms. The maximum atomic E-state index is 13.4. The van der Waals surface area contributed by atoms with Gasteiger partial charge in [0.2, 0.25) is 5.91 Å². The number of anilines is 2. The van der Waals surface area contributed by atoms with Gasteiger partial charge in [-0.05, 0) is 74.5 Å². The summed E-state index contributed by atoms with van der Waals surface area (Å²) in [5.74, 6) is -0.451. The smallest absolute Gasteiger partial charge is 0.338 e. The van der Waals surface area contributed by atoms with Crippen molar-refractivity contribution in [3.8, 4) is 5.75 Å². The third-order valence-electron chi connectivity index (χ3n) is 4.94. The number of ether oxygens (including phenoxy) is 2. The minimum absolute atomic E-state index is 0.0699. The number of methoxy groups -OCH3 is 1. The van der Waals surface area contributed by atoms with E-state index in [1.165, 1.54) is 31.4 Å². The molecule has 0 saturated carbocycles. The molecule has 0 fully saturated rings. The predicted molar refractivity (Wildman–Crippen MR) is 130 cm³/mol. The summed E-state index contributed by atoms with van der Waals surface area (Å²) in [4.78, 5) is 24.7. The fourth-order valence-electron chi connectivity index (χ4n) is 3.14. The van der Waals surface area contributed by atoms with Gasteiger partial charge >= 0.3 is 5.97 Å². The molecular formula is C25H26N2O6S. The Morgan fingerprint density at radius 3 is 2.09 bits per heavy atom. The molecule has 178 valence electrons. The molecule has 0 unspecified atom stereocenters. The van der Waals surface area contributed by atoms with Crippen LogP contribution in [0.5, 0.6) is 5.75 Å². The van der Waals surface area contributed by atoms with Crippen molar-refractivity contribution < 1.29 is 27.5 Å². The van der Waals surface area contributed by atoms with Crippen LogP contribution in [0, 0.1) is 6.92 Å². The SMILES string of the molecule is CCOC(=O)c1ccc(NC(=O)CN(c2ccc(OC)cc2)S(=O)(=O)c2ccc(C)cc2)cc1. The molecule has 0 saturated heterocycles. The molecule has 3 aromatic carbocycles. The second-order valence-electron chi connectivity index (χ2n) is 7.37. The Kier molecular flexibility index (Phi) is 7.91. The first-order valence-corrected chi connectivity index (χ1v) is 12.0. The van der Waals surface area contributed by atoms with Crippen molar-refractivity contribution in [1.29, 1.82) is 0 Å². The molecule has 0 aromatic heterocycles. The number of nitrogens with zero attached hydrogens (tertiary/aromatic N) is 1. The standard InChI is InChI=1S/C25H26N2O6S/c1-4-33-25(29)19-7-9-20(10-8-19)26-24(28)17-27(21-11-13-22(32-3)14-12-21)34(30,31)23-15-5-18(2)6-16-23/h5-16H,4,17H2,1-3H3,(H,26,28). The Hall–Kier alpha value is -3.85. The van der Waals surface area contributed by atoms with Crippen LogP contribution in [-0.4, -0.2) is 40.6 Å². The number of amides is 1. The fraction of sp³-hybridized carbons (Fsp3) is 0.200. The van der Waals surface area contributed by atoms with E-state index in [1.54, 1.807) is 55.5 Å². The lowest BCUT2D eigenvalue weighted by molar-refractivity contribution is -0.114. The van der Waals surface area contributed by atoms with E-state index >= 15 is 0 Å². The summed E-state index contributed by atoms with van der Waals surface area (Å²) in [5, 5.41) is 2.67. The zero-order valence-electron chi connectivity index (χ0n) is 19.1. The van der Waals surface area contributed by atoms with Crippen LogP contribution >= 0.6 is 0 Å². The average Bonchev–Trinajstić information content (AvgIpc) is 2.83. The van der Waals surface area contributed by atoms with E-state index in [4.69, 9.17) is 9.47 Å². The molecule has 0 aliphatic heterocycles. The maximum Gasteiger partial charge on any atom is 0.338 e. The quantitative estimate of drug-likeness (QED) is 0.462. The highest BCUT2D eigenvalue weighted by Crippen LogP contribution is 2.26. The number of rotatable bonds is 9. The number of hydrogen-bond acceptors (Lipinski definition) is 6. The van der Waals surface area contributed by atoms with Crippen LogP contribution in [-0.2, 0) is 19.6 Å². The lowest BCUT2D eigenvalue weighted by Gasteiger charge is -2.24. The van der Waals surface area contributed by atoms with Gasteiger partial charge in [-0.1, -0.05) is 17.7 Å². The summed E-state index contributed by atoms with van der Waals surface area (Å²) in [6.07, 6.45) is 0. The largest absolute Gasteiger partial charge is 0.497 e. The van der Waals surface area contributed by atoms with Crippen LogP contribution in [0.2, 0.25) is 0 Å². The van der Waals surface area contributed by atoms with E-state index in [2.05, 4.69) is 5.32 Å². The van der Waals surface area contributed by atoms with E-state index in [1.807, 2.05) is 6.92 Å². The van der Waals surface area contributed by atoms with Gasteiger partial charge < -0.3 is 14.8 Å². The molecule has 1 N–H and O–H groups in total. The Bertz CT molecular complexity index is 1240. The van der Waals surface area contributed by atoms with Gasteiger partial charge in [0, 0.05) is 5.69 Å². The minimum Gasteiger partial charge on any atom is -0.497 e. The summed E-state index contributed by atoms with van der Waals surface area (Å²) in [7, 11) is -2.52. The van der Waals surface area contributed by atoms with E-state index in [0.717, 1.165) is 9.87 Å². The maximum absolute atomic E-state index is 13.4. The first-order chi connectivity index (χ1) is 16.2. The average molecular weight is 483 g/mol. The Morgan fingerprint density at radius 2 is 1.53 bits per heavy atom. The first kappa shape index (κ1) is 24.8. The highest BCUT2D eigenvalue weighted by molar-refractivity contribution is 7.92. The number of sulfonamides is 1. The van der Waals surface area contributed by atoms with Crippen LogP contribution in [0.1, 0.15) is 22.8 Å². The Morgan fingerprint density at radius 1 is 0.912 bits per heavy atom. The molecule has 0 atom stereocenters. The molecule has 0 radical (unpaired) electrons. The molecule has 0 heterocycles. The van der Waals surface area contributed by atoms with E-state index in [0.29, 0.717) is 22.7 Å². The Balaban J connectivity index is 1.85. The van der Waals surface area contributed by atoms with Crippen molar-refractivity contribution in [1.82, 2.24) is 0 Å². The number of esters is 1. The van der Waals surface area contributed by atoms with Crippen LogP contribution in [0.4, 0.5) is 11.4 Å². The zero-order valence-corrected chi connectivity index (χ0v) is 20.0. The van der Waals surface area contributed by atoms with Crippen molar-refractivity contribution in [2.24, 2.45) is 0 Å². The van der Waals surface area contributed by atoms with Gasteiger partial charge in [-0.15, -0.1) is 0 Å². The minimum atomic E-state index is -4.03. The summed E-state index contributed by atoms with van der Waals surface area (Å²) in [6, 6.07) is 19.0. The summed E-state index contributed by atoms with van der Waals surface area (Å²) < 4.78 is 38.0. The molecule has 1 amide bonds. The molecule has 0 aliphatic rings. The molecular weight excluding hydrogens is 456 g/mol. The molecule has 8 nitrogen and oxygen atoms in total. The zero-order chi connectivity index (χ0) is 24.7. The third kappa shape index (κ3) is 5.93. The summed E-state index contributed by atoms with van der Waals surface area (Å²) >= 11 is 0. The van der Waals surface area contributed by atoms with Crippen LogP contribution < -0.4 is 14.4 Å². The van der Waals surface area contributed by atoms with Crippen LogP contribution in [0.25, 0.3) is 0 Å². The summed E-state index contributed by atoms with van der Waals surface area (Å²) in [5.41, 5.74) is 2.00. The van der Waals surface area contributed by atoms with Crippen molar-refractivity contribution in [2.45, 2.75) is 18.7 Å². The molecule has 3 rings (SSSR count). The molecule has 0 aliphatic carbocycles. The fourth-order valence-corrected chi connectivity index (χ4v) is 4.56. The van der Waals surface area contributed by atoms with E-state index in [-0.39, 0.29) is 11.5 Å². The Labute approximate surface area is 199 Å². The van der Waals surface area contributed by atoms with Gasteiger partial charge in [0.15, 0.2) is 0 Å². The number of aryl methyl sites for hydroxylation is 1. The van der Waals surface area contributed by atoms with Gasteiger partial charge in [0.25, 0.3) is 10.0 Å². The predicted octanol–water partition coefficient (Wildman–Crippen LogP) is 4.01. The van der Waals surface area contributed by atoms with Crippen molar-refractivity contribution in [3.63, 3.8) is 0 Å². The van der Waals surface area contributed by atoms with Gasteiger partial charge in [0.05, 0.1) is 29.9 Å². The second kappa shape index (κ2) is 10.8. The van der Waals surface area contributed by atoms with Crippen LogP contribution in [0.15, 0.2) is 77.7 Å². The van der Waals surface area contributed by atoms with Gasteiger partial charge in [-0.3, -0.25) is 9.10 Å².